The highest BCUT2D eigenvalue weighted by atomic mass is 35.5. The minimum atomic E-state index is -0.431. The first-order valence-electron chi connectivity index (χ1n) is 11.1. The lowest BCUT2D eigenvalue weighted by molar-refractivity contribution is 0.191. The number of anilines is 1. The van der Waals surface area contributed by atoms with Crippen molar-refractivity contribution in [3.63, 3.8) is 0 Å². The molecule has 0 amide bonds. The van der Waals surface area contributed by atoms with Crippen LogP contribution in [0.3, 0.4) is 0 Å². The van der Waals surface area contributed by atoms with Crippen LogP contribution in [-0.2, 0) is 13.1 Å². The monoisotopic (exact) mass is 474 g/mol. The molecule has 1 fully saturated rings. The Hall–Kier alpha value is -2.75. The second-order valence-electron chi connectivity index (χ2n) is 8.32. The van der Waals surface area contributed by atoms with Gasteiger partial charge in [-0.25, -0.2) is 4.39 Å². The molecule has 3 aromatic rings. The Kier molecular flexibility index (Phi) is 7.42. The summed E-state index contributed by atoms with van der Waals surface area (Å²) in [6, 6.07) is 6.96. The molecule has 0 spiro atoms. The second-order valence-corrected chi connectivity index (χ2v) is 8.32. The second kappa shape index (κ2) is 10.5. The maximum Gasteiger partial charge on any atom is 0.251 e. The van der Waals surface area contributed by atoms with Gasteiger partial charge in [-0.15, -0.1) is 12.4 Å². The number of halogens is 2. The van der Waals surface area contributed by atoms with Gasteiger partial charge in [0.25, 0.3) is 5.56 Å². The molecule has 8 nitrogen and oxygen atoms in total. The molecule has 2 N–H and O–H groups in total. The summed E-state index contributed by atoms with van der Waals surface area (Å²) in [6.45, 7) is 5.38. The third-order valence-electron chi connectivity index (χ3n) is 6.20. The molecule has 0 bridgehead atoms. The van der Waals surface area contributed by atoms with Crippen molar-refractivity contribution in [2.75, 3.05) is 38.1 Å². The van der Waals surface area contributed by atoms with Crippen LogP contribution in [0.4, 0.5) is 10.1 Å². The smallest absolute Gasteiger partial charge is 0.251 e. The maximum atomic E-state index is 13.7. The number of fused-ring (bicyclic) bond motifs is 2. The Bertz CT molecular complexity index is 1170. The van der Waals surface area contributed by atoms with Gasteiger partial charge < -0.3 is 24.8 Å². The first-order chi connectivity index (χ1) is 15.7. The number of likely N-dealkylation sites (tertiary alicyclic amines) is 1. The van der Waals surface area contributed by atoms with Crippen LogP contribution in [0.15, 0.2) is 41.5 Å². The summed E-state index contributed by atoms with van der Waals surface area (Å²) >= 11 is 0. The quantitative estimate of drug-likeness (QED) is 0.567. The molecule has 5 heterocycles. The largest absolute Gasteiger partial charge is 0.489 e. The summed E-state index contributed by atoms with van der Waals surface area (Å²) in [7, 11) is 0. The van der Waals surface area contributed by atoms with Crippen molar-refractivity contribution in [2.45, 2.75) is 32.0 Å². The Morgan fingerprint density at radius 2 is 2.00 bits per heavy atom. The summed E-state index contributed by atoms with van der Waals surface area (Å²) in [5, 5.41) is 6.89. The number of nitrogens with zero attached hydrogens (tertiary/aromatic N) is 4. The molecular formula is C23H28ClFN6O2. The van der Waals surface area contributed by atoms with Crippen molar-refractivity contribution in [1.82, 2.24) is 24.8 Å². The number of aromatic nitrogens is 3. The Labute approximate surface area is 197 Å². The van der Waals surface area contributed by atoms with E-state index in [1.165, 1.54) is 18.3 Å². The third-order valence-corrected chi connectivity index (χ3v) is 6.20. The highest BCUT2D eigenvalue weighted by Gasteiger charge is 2.19. The fourth-order valence-corrected chi connectivity index (χ4v) is 4.40. The summed E-state index contributed by atoms with van der Waals surface area (Å²) in [4.78, 5) is 23.3. The summed E-state index contributed by atoms with van der Waals surface area (Å²) < 4.78 is 21.0. The maximum absolute atomic E-state index is 13.7. The molecule has 10 heteroatoms. The first-order valence-corrected chi connectivity index (χ1v) is 11.1. The van der Waals surface area contributed by atoms with E-state index in [-0.39, 0.29) is 18.0 Å². The predicted molar refractivity (Wildman–Crippen MR) is 128 cm³/mol. The zero-order chi connectivity index (χ0) is 21.9. The van der Waals surface area contributed by atoms with E-state index in [1.54, 1.807) is 10.6 Å². The van der Waals surface area contributed by atoms with Gasteiger partial charge in [-0.1, -0.05) is 0 Å². The zero-order valence-electron chi connectivity index (χ0n) is 18.3. The van der Waals surface area contributed by atoms with E-state index in [1.807, 2.05) is 12.3 Å². The van der Waals surface area contributed by atoms with Crippen LogP contribution in [0.5, 0.6) is 5.75 Å². The van der Waals surface area contributed by atoms with Gasteiger partial charge >= 0.3 is 0 Å². The van der Waals surface area contributed by atoms with E-state index >= 15 is 0 Å². The molecule has 33 heavy (non-hydrogen) atoms. The topological polar surface area (TPSA) is 84.3 Å². The lowest BCUT2D eigenvalue weighted by Gasteiger charge is -2.32. The third kappa shape index (κ3) is 5.43. The Morgan fingerprint density at radius 3 is 2.85 bits per heavy atom. The standard InChI is InChI=1S/C23H27FN6O2.ClH/c24-16-11-21-19(28-13-16)1-2-23(31)30(21)9-8-29-6-3-17(4-7-29)26-14-18-12-22-20(15-27-18)25-5-10-32-22;/h1-2,11-13,15,17,25-26H,3-10,14H2;1H. The van der Waals surface area contributed by atoms with Gasteiger partial charge in [0.15, 0.2) is 0 Å². The molecule has 1 saturated heterocycles. The zero-order valence-corrected chi connectivity index (χ0v) is 19.1. The molecule has 2 aliphatic heterocycles. The number of nitrogens with one attached hydrogen (secondary N) is 2. The molecule has 176 valence electrons. The SMILES string of the molecule is Cl.O=c1ccc2ncc(F)cc2n1CCN1CCC(NCc2cc3c(cn2)NCCO3)CC1. The molecule has 0 saturated carbocycles. The number of pyridine rings is 3. The van der Waals surface area contributed by atoms with Crippen LogP contribution in [0.25, 0.3) is 11.0 Å². The van der Waals surface area contributed by atoms with Gasteiger partial charge in [0.1, 0.15) is 18.2 Å². The molecule has 0 radical (unpaired) electrons. The minimum absolute atomic E-state index is 0. The first kappa shape index (κ1) is 23.4. The molecule has 0 aliphatic carbocycles. The summed E-state index contributed by atoms with van der Waals surface area (Å²) in [6.07, 6.45) is 5.08. The normalized spacial score (nSPS) is 16.5. The van der Waals surface area contributed by atoms with Crippen molar-refractivity contribution >= 4 is 29.1 Å². The van der Waals surface area contributed by atoms with Crippen LogP contribution in [-0.4, -0.2) is 58.3 Å². The van der Waals surface area contributed by atoms with Gasteiger partial charge in [0, 0.05) is 50.4 Å². The van der Waals surface area contributed by atoms with Gasteiger partial charge in [-0.3, -0.25) is 14.8 Å². The van der Waals surface area contributed by atoms with Crippen LogP contribution >= 0.6 is 12.4 Å². The summed E-state index contributed by atoms with van der Waals surface area (Å²) in [5.41, 5.74) is 2.98. The molecular weight excluding hydrogens is 447 g/mol. The van der Waals surface area contributed by atoms with Gasteiger partial charge in [0.2, 0.25) is 0 Å². The average Bonchev–Trinajstić information content (AvgIpc) is 2.82. The van der Waals surface area contributed by atoms with Gasteiger partial charge in [0.05, 0.1) is 34.8 Å². The van der Waals surface area contributed by atoms with Crippen molar-refractivity contribution in [3.8, 4) is 5.75 Å². The molecule has 0 atom stereocenters. The van der Waals surface area contributed by atoms with E-state index in [2.05, 4.69) is 25.5 Å². The predicted octanol–water partition coefficient (Wildman–Crippen LogP) is 2.41. The summed E-state index contributed by atoms with van der Waals surface area (Å²) in [5.74, 6) is 0.441. The van der Waals surface area contributed by atoms with Crippen molar-refractivity contribution in [3.05, 3.63) is 58.5 Å². The number of rotatable bonds is 6. The number of hydrogen-bond donors (Lipinski definition) is 2. The van der Waals surface area contributed by atoms with Gasteiger partial charge in [-0.05, 0) is 32.0 Å². The van der Waals surface area contributed by atoms with Crippen molar-refractivity contribution < 1.29 is 9.13 Å². The highest BCUT2D eigenvalue weighted by molar-refractivity contribution is 5.85. The van der Waals surface area contributed by atoms with E-state index < -0.39 is 5.82 Å². The molecule has 2 aliphatic rings. The van der Waals surface area contributed by atoms with Crippen LogP contribution in [0, 0.1) is 5.82 Å². The fraction of sp³-hybridized carbons (Fsp3) is 0.435. The molecule has 5 rings (SSSR count). The number of ether oxygens (including phenoxy) is 1. The van der Waals surface area contributed by atoms with E-state index in [0.717, 1.165) is 56.2 Å². The highest BCUT2D eigenvalue weighted by Crippen LogP contribution is 2.26. The van der Waals surface area contributed by atoms with Crippen LogP contribution < -0.4 is 20.9 Å². The van der Waals surface area contributed by atoms with Crippen molar-refractivity contribution in [1.29, 1.82) is 0 Å². The average molecular weight is 475 g/mol. The lowest BCUT2D eigenvalue weighted by Crippen LogP contribution is -2.43. The minimum Gasteiger partial charge on any atom is -0.489 e. The molecule has 0 aromatic carbocycles. The van der Waals surface area contributed by atoms with Crippen LogP contribution in [0.1, 0.15) is 18.5 Å². The number of piperidine rings is 1. The Balaban J connectivity index is 0.00000259. The van der Waals surface area contributed by atoms with Crippen molar-refractivity contribution in [2.24, 2.45) is 0 Å². The fourth-order valence-electron chi connectivity index (χ4n) is 4.40. The van der Waals surface area contributed by atoms with E-state index in [4.69, 9.17) is 4.74 Å². The molecule has 3 aromatic heterocycles. The number of hydrogen-bond acceptors (Lipinski definition) is 7. The van der Waals surface area contributed by atoms with E-state index in [0.29, 0.717) is 36.8 Å². The Morgan fingerprint density at radius 1 is 1.15 bits per heavy atom. The van der Waals surface area contributed by atoms with Crippen LogP contribution in [0.2, 0.25) is 0 Å². The molecule has 0 unspecified atom stereocenters. The lowest BCUT2D eigenvalue weighted by atomic mass is 10.0. The van der Waals surface area contributed by atoms with E-state index in [9.17, 15) is 9.18 Å². The van der Waals surface area contributed by atoms with Gasteiger partial charge in [-0.2, -0.15) is 0 Å².